The Kier molecular flexibility index (Phi) is 8.85. The molecule has 5 nitrogen and oxygen atoms in total. The second-order valence-corrected chi connectivity index (χ2v) is 6.51. The van der Waals surface area contributed by atoms with Crippen molar-refractivity contribution in [2.24, 2.45) is 0 Å². The van der Waals surface area contributed by atoms with Gasteiger partial charge in [-0.05, 0) is 41.8 Å². The molecule has 0 N–H and O–H groups in total. The van der Waals surface area contributed by atoms with Crippen LogP contribution >= 0.6 is 11.6 Å². The summed E-state index contributed by atoms with van der Waals surface area (Å²) < 4.78 is 16.0. The van der Waals surface area contributed by atoms with Gasteiger partial charge in [0.05, 0.1) is 27.4 Å². The topological polar surface area (TPSA) is 48.0 Å². The van der Waals surface area contributed by atoms with Crippen LogP contribution < -0.4 is 9.47 Å². The SMILES string of the molecule is C=C/C=C(Cl)\C=C/CC(=CC(=O)N1CCOCC1)c1ccc(OC)c(OC)c1. The maximum atomic E-state index is 12.7. The van der Waals surface area contributed by atoms with Gasteiger partial charge in [0.25, 0.3) is 0 Å². The van der Waals surface area contributed by atoms with E-state index in [9.17, 15) is 4.79 Å². The zero-order valence-corrected chi connectivity index (χ0v) is 17.1. The van der Waals surface area contributed by atoms with Crippen molar-refractivity contribution in [3.63, 3.8) is 0 Å². The van der Waals surface area contributed by atoms with E-state index < -0.39 is 0 Å². The third-order valence-corrected chi connectivity index (χ3v) is 4.52. The molecule has 1 aliphatic heterocycles. The van der Waals surface area contributed by atoms with E-state index >= 15 is 0 Å². The zero-order chi connectivity index (χ0) is 20.4. The Morgan fingerprint density at radius 2 is 1.96 bits per heavy atom. The van der Waals surface area contributed by atoms with Crippen molar-refractivity contribution in [3.05, 3.63) is 65.8 Å². The van der Waals surface area contributed by atoms with E-state index in [1.165, 1.54) is 0 Å². The van der Waals surface area contributed by atoms with E-state index in [-0.39, 0.29) is 5.91 Å². The lowest BCUT2D eigenvalue weighted by Gasteiger charge is -2.26. The van der Waals surface area contributed by atoms with Gasteiger partial charge in [-0.2, -0.15) is 0 Å². The summed E-state index contributed by atoms with van der Waals surface area (Å²) in [6.07, 6.45) is 9.24. The van der Waals surface area contributed by atoms with Gasteiger partial charge in [-0.25, -0.2) is 0 Å². The number of hydrogen-bond donors (Lipinski definition) is 0. The van der Waals surface area contributed by atoms with Crippen LogP contribution in [-0.2, 0) is 9.53 Å². The van der Waals surface area contributed by atoms with Gasteiger partial charge in [-0.1, -0.05) is 36.4 Å². The molecular formula is C22H26ClNO4. The number of morpholine rings is 1. The highest BCUT2D eigenvalue weighted by Crippen LogP contribution is 2.31. The number of hydrogen-bond acceptors (Lipinski definition) is 4. The van der Waals surface area contributed by atoms with Crippen LogP contribution in [-0.4, -0.2) is 51.3 Å². The number of nitrogens with zero attached hydrogens (tertiary/aromatic N) is 1. The first-order valence-electron chi connectivity index (χ1n) is 9.03. The molecule has 0 atom stereocenters. The molecule has 1 aromatic rings. The summed E-state index contributed by atoms with van der Waals surface area (Å²) in [4.78, 5) is 14.5. The van der Waals surface area contributed by atoms with Crippen LogP contribution in [0.2, 0.25) is 0 Å². The Labute approximate surface area is 171 Å². The molecule has 1 saturated heterocycles. The van der Waals surface area contributed by atoms with E-state index in [1.54, 1.807) is 43.4 Å². The number of carbonyl (C=O) groups is 1. The highest BCUT2D eigenvalue weighted by atomic mass is 35.5. The van der Waals surface area contributed by atoms with Crippen molar-refractivity contribution in [2.45, 2.75) is 6.42 Å². The fourth-order valence-corrected chi connectivity index (χ4v) is 2.96. The minimum Gasteiger partial charge on any atom is -0.493 e. The van der Waals surface area contributed by atoms with Crippen molar-refractivity contribution in [3.8, 4) is 11.5 Å². The zero-order valence-electron chi connectivity index (χ0n) is 16.3. The Bertz CT molecular complexity index is 777. The predicted molar refractivity (Wildman–Crippen MR) is 113 cm³/mol. The molecule has 1 amide bonds. The van der Waals surface area contributed by atoms with E-state index in [0.717, 1.165) is 11.1 Å². The molecule has 0 radical (unpaired) electrons. The molecule has 1 aromatic carbocycles. The molecule has 0 spiro atoms. The van der Waals surface area contributed by atoms with Gasteiger partial charge >= 0.3 is 0 Å². The van der Waals surface area contributed by atoms with Crippen molar-refractivity contribution < 1.29 is 19.0 Å². The van der Waals surface area contributed by atoms with Gasteiger partial charge < -0.3 is 19.1 Å². The lowest BCUT2D eigenvalue weighted by atomic mass is 10.0. The quantitative estimate of drug-likeness (QED) is 0.482. The number of benzene rings is 1. The summed E-state index contributed by atoms with van der Waals surface area (Å²) in [5.74, 6) is 1.21. The Morgan fingerprint density at radius 3 is 2.61 bits per heavy atom. The van der Waals surface area contributed by atoms with Gasteiger partial charge in [-0.3, -0.25) is 4.79 Å². The van der Waals surface area contributed by atoms with E-state index in [4.69, 9.17) is 25.8 Å². The highest BCUT2D eigenvalue weighted by Gasteiger charge is 2.16. The summed E-state index contributed by atoms with van der Waals surface area (Å²) in [6.45, 7) is 5.94. The van der Waals surface area contributed by atoms with E-state index in [1.807, 2.05) is 24.3 Å². The van der Waals surface area contributed by atoms with Crippen molar-refractivity contribution >= 4 is 23.1 Å². The summed E-state index contributed by atoms with van der Waals surface area (Å²) in [6, 6.07) is 5.61. The van der Waals surface area contributed by atoms with Crippen molar-refractivity contribution in [2.75, 3.05) is 40.5 Å². The monoisotopic (exact) mass is 403 g/mol. The third kappa shape index (κ3) is 6.29. The lowest BCUT2D eigenvalue weighted by molar-refractivity contribution is -0.129. The minimum atomic E-state index is -0.0331. The molecule has 28 heavy (non-hydrogen) atoms. The molecule has 0 bridgehead atoms. The maximum Gasteiger partial charge on any atom is 0.247 e. The van der Waals surface area contributed by atoms with Crippen LogP contribution in [0.5, 0.6) is 11.5 Å². The van der Waals surface area contributed by atoms with Crippen molar-refractivity contribution in [1.29, 1.82) is 0 Å². The summed E-state index contributed by atoms with van der Waals surface area (Å²) >= 11 is 6.08. The number of allylic oxidation sites excluding steroid dienone is 6. The molecular weight excluding hydrogens is 378 g/mol. The number of carbonyl (C=O) groups excluding carboxylic acids is 1. The third-order valence-electron chi connectivity index (χ3n) is 4.27. The fourth-order valence-electron chi connectivity index (χ4n) is 2.79. The summed E-state index contributed by atoms with van der Waals surface area (Å²) in [5, 5.41) is 0.571. The molecule has 0 saturated carbocycles. The molecule has 0 unspecified atom stereocenters. The number of ether oxygens (including phenoxy) is 3. The van der Waals surface area contributed by atoms with Gasteiger partial charge in [0.15, 0.2) is 11.5 Å². The molecule has 2 rings (SSSR count). The second-order valence-electron chi connectivity index (χ2n) is 6.07. The molecule has 150 valence electrons. The number of methoxy groups -OCH3 is 2. The van der Waals surface area contributed by atoms with Gasteiger partial charge in [0.2, 0.25) is 5.91 Å². The lowest BCUT2D eigenvalue weighted by Crippen LogP contribution is -2.39. The average Bonchev–Trinajstić information content (AvgIpc) is 2.73. The highest BCUT2D eigenvalue weighted by molar-refractivity contribution is 6.31. The summed E-state index contributed by atoms with van der Waals surface area (Å²) in [5.41, 5.74) is 1.74. The number of rotatable bonds is 8. The van der Waals surface area contributed by atoms with Crippen LogP contribution in [0.25, 0.3) is 5.57 Å². The van der Waals surface area contributed by atoms with Crippen LogP contribution in [0, 0.1) is 0 Å². The van der Waals surface area contributed by atoms with E-state index in [0.29, 0.717) is 49.3 Å². The number of halogens is 1. The van der Waals surface area contributed by atoms with Gasteiger partial charge in [0, 0.05) is 24.2 Å². The molecule has 1 fully saturated rings. The van der Waals surface area contributed by atoms with E-state index in [2.05, 4.69) is 6.58 Å². The van der Waals surface area contributed by atoms with Gasteiger partial charge in [-0.15, -0.1) is 0 Å². The van der Waals surface area contributed by atoms with Crippen LogP contribution in [0.3, 0.4) is 0 Å². The van der Waals surface area contributed by atoms with Crippen LogP contribution in [0.1, 0.15) is 12.0 Å². The standard InChI is InChI=1S/C22H26ClNO4/c1-4-6-19(23)8-5-7-17(16-22(25)24-11-13-28-14-12-24)18-9-10-20(26-2)21(15-18)27-3/h4-6,8-10,15-16H,1,7,11-14H2,2-3H3/b8-5-,17-16?,19-6+. The molecule has 1 heterocycles. The summed E-state index contributed by atoms with van der Waals surface area (Å²) in [7, 11) is 3.18. The number of amides is 1. The first kappa shape index (κ1) is 21.8. The molecule has 0 aliphatic carbocycles. The van der Waals surface area contributed by atoms with Gasteiger partial charge in [0.1, 0.15) is 0 Å². The first-order valence-corrected chi connectivity index (χ1v) is 9.41. The first-order chi connectivity index (χ1) is 13.6. The Balaban J connectivity index is 2.32. The Hall–Kier alpha value is -2.50. The fraction of sp³-hybridized carbons (Fsp3) is 0.318. The smallest absolute Gasteiger partial charge is 0.247 e. The molecule has 6 heteroatoms. The van der Waals surface area contributed by atoms with Crippen molar-refractivity contribution in [1.82, 2.24) is 4.90 Å². The predicted octanol–water partition coefficient (Wildman–Crippen LogP) is 4.20. The Morgan fingerprint density at radius 1 is 1.25 bits per heavy atom. The normalized spacial score (nSPS) is 15.6. The van der Waals surface area contributed by atoms with Crippen LogP contribution in [0.15, 0.2) is 60.2 Å². The minimum absolute atomic E-state index is 0.0331. The largest absolute Gasteiger partial charge is 0.493 e. The van der Waals surface area contributed by atoms with Crippen LogP contribution in [0.4, 0.5) is 0 Å². The molecule has 1 aliphatic rings. The molecule has 0 aromatic heterocycles. The maximum absolute atomic E-state index is 12.7. The average molecular weight is 404 g/mol. The second kappa shape index (κ2) is 11.4.